The highest BCUT2D eigenvalue weighted by atomic mass is 32.1. The van der Waals surface area contributed by atoms with Crippen LogP contribution in [0.5, 0.6) is 0 Å². The van der Waals surface area contributed by atoms with Crippen LogP contribution in [0.3, 0.4) is 0 Å². The summed E-state index contributed by atoms with van der Waals surface area (Å²) in [6.45, 7) is 3.89. The molecule has 0 fully saturated rings. The van der Waals surface area contributed by atoms with Crippen molar-refractivity contribution in [1.82, 2.24) is 4.98 Å². The average Bonchev–Trinajstić information content (AvgIpc) is 2.80. The maximum Gasteiger partial charge on any atom is 0.243 e. The summed E-state index contributed by atoms with van der Waals surface area (Å²) >= 11 is 1.38. The molecule has 6 heteroatoms. The van der Waals surface area contributed by atoms with Crippen LogP contribution in [0.4, 0.5) is 9.52 Å². The van der Waals surface area contributed by atoms with Crippen LogP contribution in [0.2, 0.25) is 0 Å². The lowest BCUT2D eigenvalue weighted by Gasteiger charge is -2.08. The predicted octanol–water partition coefficient (Wildman–Crippen LogP) is 3.32. The van der Waals surface area contributed by atoms with Gasteiger partial charge in [0.05, 0.1) is 11.7 Å². The Balaban J connectivity index is 2.16. The first kappa shape index (κ1) is 15.6. The number of anilines is 1. The molecule has 2 rings (SSSR count). The van der Waals surface area contributed by atoms with Gasteiger partial charge < -0.3 is 11.1 Å². The molecule has 21 heavy (non-hydrogen) atoms. The fourth-order valence-electron chi connectivity index (χ4n) is 1.97. The van der Waals surface area contributed by atoms with E-state index in [0.29, 0.717) is 11.6 Å². The molecule has 0 aliphatic heterocycles. The van der Waals surface area contributed by atoms with Crippen LogP contribution < -0.4 is 11.1 Å². The van der Waals surface area contributed by atoms with Gasteiger partial charge in [-0.3, -0.25) is 4.79 Å². The molecule has 3 N–H and O–H groups in total. The van der Waals surface area contributed by atoms with Crippen LogP contribution in [0, 0.1) is 12.7 Å². The molecule has 1 aromatic heterocycles. The van der Waals surface area contributed by atoms with E-state index in [4.69, 9.17) is 5.73 Å². The van der Waals surface area contributed by atoms with Crippen molar-refractivity contribution in [2.45, 2.75) is 32.7 Å². The zero-order valence-corrected chi connectivity index (χ0v) is 12.8. The van der Waals surface area contributed by atoms with E-state index in [1.165, 1.54) is 23.5 Å². The maximum absolute atomic E-state index is 13.0. The molecule has 1 amide bonds. The molecule has 0 radical (unpaired) electrons. The molecule has 1 aromatic carbocycles. The van der Waals surface area contributed by atoms with Crippen molar-refractivity contribution < 1.29 is 9.18 Å². The van der Waals surface area contributed by atoms with Crippen molar-refractivity contribution in [2.75, 3.05) is 5.32 Å². The molecule has 112 valence electrons. The van der Waals surface area contributed by atoms with E-state index in [1.807, 2.05) is 13.8 Å². The van der Waals surface area contributed by atoms with Crippen LogP contribution >= 0.6 is 11.3 Å². The fraction of sp³-hybridized carbons (Fsp3) is 0.333. The summed E-state index contributed by atoms with van der Waals surface area (Å²) in [6.07, 6.45) is 1.49. The summed E-state index contributed by atoms with van der Waals surface area (Å²) in [5, 5.41) is 3.26. The van der Waals surface area contributed by atoms with Crippen LogP contribution in [0.1, 0.15) is 24.6 Å². The molecule has 2 aromatic rings. The Hall–Kier alpha value is -1.79. The summed E-state index contributed by atoms with van der Waals surface area (Å²) in [4.78, 5) is 17.2. The molecule has 0 spiro atoms. The minimum absolute atomic E-state index is 0.226. The highest BCUT2D eigenvalue weighted by molar-refractivity contribution is 7.16. The number of nitrogens with zero attached hydrogens (tertiary/aromatic N) is 1. The Kier molecular flexibility index (Phi) is 5.03. The average molecular weight is 307 g/mol. The number of hydrogen-bond acceptors (Lipinski definition) is 4. The maximum atomic E-state index is 13.0. The summed E-state index contributed by atoms with van der Waals surface area (Å²) in [7, 11) is 0. The predicted molar refractivity (Wildman–Crippen MR) is 83.8 cm³/mol. The largest absolute Gasteiger partial charge is 0.320 e. The molecule has 1 atom stereocenters. The Morgan fingerprint density at radius 2 is 2.10 bits per heavy atom. The van der Waals surface area contributed by atoms with Gasteiger partial charge in [0.15, 0.2) is 5.13 Å². The zero-order valence-electron chi connectivity index (χ0n) is 12.0. The van der Waals surface area contributed by atoms with Gasteiger partial charge >= 0.3 is 0 Å². The van der Waals surface area contributed by atoms with Gasteiger partial charge in [0.2, 0.25) is 5.91 Å². The van der Waals surface area contributed by atoms with Crippen molar-refractivity contribution in [3.05, 3.63) is 35.0 Å². The lowest BCUT2D eigenvalue weighted by molar-refractivity contribution is -0.117. The fourth-order valence-corrected chi connectivity index (χ4v) is 2.80. The van der Waals surface area contributed by atoms with Gasteiger partial charge in [-0.25, -0.2) is 9.37 Å². The number of rotatable bonds is 5. The van der Waals surface area contributed by atoms with Gasteiger partial charge in [-0.05, 0) is 37.6 Å². The summed E-state index contributed by atoms with van der Waals surface area (Å²) in [5.41, 5.74) is 7.34. The molecule has 0 saturated carbocycles. The van der Waals surface area contributed by atoms with Crippen molar-refractivity contribution in [3.63, 3.8) is 0 Å². The van der Waals surface area contributed by atoms with Crippen LogP contribution in [0.25, 0.3) is 11.3 Å². The first-order chi connectivity index (χ1) is 10.0. The third-order valence-corrected chi connectivity index (χ3v) is 3.97. The SMILES string of the molecule is CCCC(N)C(=O)Nc1nc(-c2ccc(F)cc2)c(C)s1. The second kappa shape index (κ2) is 6.78. The molecule has 0 saturated heterocycles. The Bertz CT molecular complexity index is 624. The number of halogens is 1. The van der Waals surface area contributed by atoms with Gasteiger partial charge in [-0.15, -0.1) is 11.3 Å². The summed E-state index contributed by atoms with van der Waals surface area (Å²) in [6, 6.07) is 5.61. The number of benzene rings is 1. The van der Waals surface area contributed by atoms with Gasteiger partial charge in [0.25, 0.3) is 0 Å². The lowest BCUT2D eigenvalue weighted by Crippen LogP contribution is -2.35. The number of amides is 1. The third-order valence-electron chi connectivity index (χ3n) is 3.08. The normalized spacial score (nSPS) is 12.2. The zero-order chi connectivity index (χ0) is 15.4. The van der Waals surface area contributed by atoms with Gasteiger partial charge in [0.1, 0.15) is 5.82 Å². The van der Waals surface area contributed by atoms with E-state index in [9.17, 15) is 9.18 Å². The van der Waals surface area contributed by atoms with Crippen LogP contribution in [-0.2, 0) is 4.79 Å². The number of thiazole rings is 1. The van der Waals surface area contributed by atoms with Gasteiger partial charge in [-0.1, -0.05) is 13.3 Å². The van der Waals surface area contributed by atoms with E-state index < -0.39 is 6.04 Å². The summed E-state index contributed by atoms with van der Waals surface area (Å²) < 4.78 is 13.0. The van der Waals surface area contributed by atoms with E-state index in [0.717, 1.165) is 22.6 Å². The second-order valence-electron chi connectivity index (χ2n) is 4.82. The van der Waals surface area contributed by atoms with E-state index >= 15 is 0 Å². The molecular formula is C15H18FN3OS. The number of carbonyl (C=O) groups is 1. The number of aromatic nitrogens is 1. The Morgan fingerprint density at radius 3 is 2.71 bits per heavy atom. The quantitative estimate of drug-likeness (QED) is 0.890. The van der Waals surface area contributed by atoms with Gasteiger partial charge in [0, 0.05) is 10.4 Å². The van der Waals surface area contributed by atoms with Crippen LogP contribution in [-0.4, -0.2) is 16.9 Å². The van der Waals surface area contributed by atoms with E-state index in [2.05, 4.69) is 10.3 Å². The number of carbonyl (C=O) groups excluding carboxylic acids is 1. The highest BCUT2D eigenvalue weighted by Gasteiger charge is 2.16. The molecule has 1 heterocycles. The number of aryl methyl sites for hydroxylation is 1. The minimum atomic E-state index is -0.520. The van der Waals surface area contributed by atoms with Crippen LogP contribution in [0.15, 0.2) is 24.3 Å². The first-order valence-electron chi connectivity index (χ1n) is 6.81. The molecular weight excluding hydrogens is 289 g/mol. The van der Waals surface area contributed by atoms with Gasteiger partial charge in [-0.2, -0.15) is 0 Å². The molecule has 0 aliphatic rings. The van der Waals surface area contributed by atoms with E-state index in [-0.39, 0.29) is 11.7 Å². The number of hydrogen-bond donors (Lipinski definition) is 2. The highest BCUT2D eigenvalue weighted by Crippen LogP contribution is 2.30. The van der Waals surface area contributed by atoms with Crippen molar-refractivity contribution in [2.24, 2.45) is 5.73 Å². The topological polar surface area (TPSA) is 68.0 Å². The smallest absolute Gasteiger partial charge is 0.243 e. The van der Waals surface area contributed by atoms with Crippen molar-refractivity contribution >= 4 is 22.4 Å². The molecule has 0 bridgehead atoms. The Morgan fingerprint density at radius 1 is 1.43 bits per heavy atom. The monoisotopic (exact) mass is 307 g/mol. The second-order valence-corrected chi connectivity index (χ2v) is 6.02. The summed E-state index contributed by atoms with van der Waals surface area (Å²) in [5.74, 6) is -0.512. The minimum Gasteiger partial charge on any atom is -0.320 e. The Labute approximate surface area is 127 Å². The molecule has 4 nitrogen and oxygen atoms in total. The molecule has 1 unspecified atom stereocenters. The molecule has 0 aliphatic carbocycles. The lowest BCUT2D eigenvalue weighted by atomic mass is 10.1. The van der Waals surface area contributed by atoms with Crippen molar-refractivity contribution in [1.29, 1.82) is 0 Å². The standard InChI is InChI=1S/C15H18FN3OS/c1-3-4-12(17)14(20)19-15-18-13(9(2)21-15)10-5-7-11(16)8-6-10/h5-8,12H,3-4,17H2,1-2H3,(H,18,19,20). The number of nitrogens with one attached hydrogen (secondary N) is 1. The number of nitrogens with two attached hydrogens (primary N) is 1. The van der Waals surface area contributed by atoms with Crippen molar-refractivity contribution in [3.8, 4) is 11.3 Å². The van der Waals surface area contributed by atoms with E-state index in [1.54, 1.807) is 12.1 Å². The third kappa shape index (κ3) is 3.86. The first-order valence-corrected chi connectivity index (χ1v) is 7.62.